The van der Waals surface area contributed by atoms with Gasteiger partial charge in [-0.2, -0.15) is 0 Å². The minimum absolute atomic E-state index is 0.422. The van der Waals surface area contributed by atoms with Gasteiger partial charge in [-0.1, -0.05) is 0 Å². The van der Waals surface area contributed by atoms with Crippen molar-refractivity contribution in [1.82, 2.24) is 10.2 Å². The third-order valence-corrected chi connectivity index (χ3v) is 2.21. The van der Waals surface area contributed by atoms with Gasteiger partial charge < -0.3 is 14.8 Å². The molecule has 86 valence electrons. The van der Waals surface area contributed by atoms with E-state index in [1.54, 1.807) is 7.11 Å². The van der Waals surface area contributed by atoms with Gasteiger partial charge in [0.25, 0.3) is 0 Å². The maximum Gasteiger partial charge on any atom is 0.0630 e. The Morgan fingerprint density at radius 3 is 2.64 bits per heavy atom. The van der Waals surface area contributed by atoms with E-state index in [0.29, 0.717) is 6.04 Å². The van der Waals surface area contributed by atoms with Gasteiger partial charge >= 0.3 is 0 Å². The van der Waals surface area contributed by atoms with E-state index in [2.05, 4.69) is 17.3 Å². The highest BCUT2D eigenvalue weighted by Crippen LogP contribution is 1.95. The second-order valence-electron chi connectivity index (χ2n) is 3.34. The van der Waals surface area contributed by atoms with Crippen molar-refractivity contribution in [3.05, 3.63) is 0 Å². The molecule has 4 heteroatoms. The van der Waals surface area contributed by atoms with Crippen molar-refractivity contribution in [3.8, 4) is 0 Å². The second kappa shape index (κ2) is 9.40. The Kier molecular flexibility index (Phi) is 9.29. The number of ether oxygens (including phenoxy) is 2. The van der Waals surface area contributed by atoms with Crippen LogP contribution in [0.2, 0.25) is 0 Å². The highest BCUT2D eigenvalue weighted by Gasteiger charge is 2.12. The molecule has 0 rings (SSSR count). The SMILES string of the molecule is CCOCCN(C)C(CNC)COC. The Morgan fingerprint density at radius 1 is 1.43 bits per heavy atom. The molecule has 0 spiro atoms. The predicted octanol–water partition coefficient (Wildman–Crippen LogP) is 0.189. The highest BCUT2D eigenvalue weighted by atomic mass is 16.5. The molecule has 0 aliphatic rings. The summed E-state index contributed by atoms with van der Waals surface area (Å²) >= 11 is 0. The zero-order chi connectivity index (χ0) is 10.8. The molecule has 0 saturated heterocycles. The van der Waals surface area contributed by atoms with Crippen molar-refractivity contribution in [1.29, 1.82) is 0 Å². The molecule has 0 radical (unpaired) electrons. The number of nitrogens with one attached hydrogen (secondary N) is 1. The normalized spacial score (nSPS) is 13.5. The smallest absolute Gasteiger partial charge is 0.0630 e. The summed E-state index contributed by atoms with van der Waals surface area (Å²) in [5, 5.41) is 3.16. The molecule has 0 heterocycles. The molecule has 0 aromatic carbocycles. The first-order valence-electron chi connectivity index (χ1n) is 5.17. The van der Waals surface area contributed by atoms with Crippen molar-refractivity contribution in [2.45, 2.75) is 13.0 Å². The molecule has 1 atom stereocenters. The lowest BCUT2D eigenvalue weighted by atomic mass is 10.2. The van der Waals surface area contributed by atoms with Gasteiger partial charge in [-0.05, 0) is 21.0 Å². The molecule has 0 saturated carbocycles. The Bertz CT molecular complexity index is 117. The van der Waals surface area contributed by atoms with Crippen molar-refractivity contribution in [3.63, 3.8) is 0 Å². The van der Waals surface area contributed by atoms with Crippen LogP contribution in [-0.2, 0) is 9.47 Å². The van der Waals surface area contributed by atoms with Crippen LogP contribution in [0, 0.1) is 0 Å². The lowest BCUT2D eigenvalue weighted by Crippen LogP contribution is -2.43. The van der Waals surface area contributed by atoms with Crippen LogP contribution >= 0.6 is 0 Å². The standard InChI is InChI=1S/C10H24N2O2/c1-5-14-7-6-12(3)10(8-11-2)9-13-4/h10-11H,5-9H2,1-4H3. The van der Waals surface area contributed by atoms with Crippen LogP contribution in [0.5, 0.6) is 0 Å². The molecular formula is C10H24N2O2. The van der Waals surface area contributed by atoms with Crippen molar-refractivity contribution >= 4 is 0 Å². The number of hydrogen-bond acceptors (Lipinski definition) is 4. The van der Waals surface area contributed by atoms with E-state index in [1.807, 2.05) is 14.0 Å². The third-order valence-electron chi connectivity index (χ3n) is 2.21. The maximum atomic E-state index is 5.31. The summed E-state index contributed by atoms with van der Waals surface area (Å²) in [6.45, 7) is 6.23. The van der Waals surface area contributed by atoms with Gasteiger partial charge in [-0.25, -0.2) is 0 Å². The number of hydrogen-bond donors (Lipinski definition) is 1. The monoisotopic (exact) mass is 204 g/mol. The molecular weight excluding hydrogens is 180 g/mol. The molecule has 0 fully saturated rings. The summed E-state index contributed by atoms with van der Waals surface area (Å²) in [6.07, 6.45) is 0. The molecule has 0 aromatic heterocycles. The van der Waals surface area contributed by atoms with Gasteiger partial charge in [0.2, 0.25) is 0 Å². The summed E-state index contributed by atoms with van der Waals surface area (Å²) in [5.41, 5.74) is 0. The van der Waals surface area contributed by atoms with Crippen LogP contribution in [0.3, 0.4) is 0 Å². The number of nitrogens with zero attached hydrogens (tertiary/aromatic N) is 1. The van der Waals surface area contributed by atoms with E-state index < -0.39 is 0 Å². The first kappa shape index (κ1) is 13.8. The number of methoxy groups -OCH3 is 1. The third kappa shape index (κ3) is 6.32. The van der Waals surface area contributed by atoms with Crippen LogP contribution in [0.15, 0.2) is 0 Å². The molecule has 0 amide bonds. The van der Waals surface area contributed by atoms with Crippen LogP contribution in [0.4, 0.5) is 0 Å². The lowest BCUT2D eigenvalue weighted by Gasteiger charge is -2.27. The quantitative estimate of drug-likeness (QED) is 0.544. The van der Waals surface area contributed by atoms with Crippen LogP contribution in [0.25, 0.3) is 0 Å². The predicted molar refractivity (Wildman–Crippen MR) is 58.7 cm³/mol. The van der Waals surface area contributed by atoms with E-state index in [0.717, 1.165) is 32.9 Å². The van der Waals surface area contributed by atoms with E-state index in [-0.39, 0.29) is 0 Å². The molecule has 14 heavy (non-hydrogen) atoms. The van der Waals surface area contributed by atoms with E-state index in [9.17, 15) is 0 Å². The topological polar surface area (TPSA) is 33.7 Å². The average molecular weight is 204 g/mol. The summed E-state index contributed by atoms with van der Waals surface area (Å²) < 4.78 is 10.5. The fourth-order valence-corrected chi connectivity index (χ4v) is 1.31. The van der Waals surface area contributed by atoms with Gasteiger partial charge in [0.05, 0.1) is 13.2 Å². The first-order valence-corrected chi connectivity index (χ1v) is 5.17. The van der Waals surface area contributed by atoms with Crippen LogP contribution < -0.4 is 5.32 Å². The van der Waals surface area contributed by atoms with Crippen molar-refractivity contribution in [2.24, 2.45) is 0 Å². The Balaban J connectivity index is 3.69. The molecule has 0 aliphatic carbocycles. The first-order chi connectivity index (χ1) is 6.76. The zero-order valence-electron chi connectivity index (χ0n) is 9.88. The molecule has 0 aliphatic heterocycles. The van der Waals surface area contributed by atoms with Gasteiger partial charge in [-0.3, -0.25) is 4.90 Å². The van der Waals surface area contributed by atoms with Gasteiger partial charge in [-0.15, -0.1) is 0 Å². The minimum Gasteiger partial charge on any atom is -0.383 e. The number of likely N-dealkylation sites (N-methyl/N-ethyl adjacent to an activating group) is 2. The second-order valence-corrected chi connectivity index (χ2v) is 3.34. The Hall–Kier alpha value is -0.160. The Labute approximate surface area is 87.6 Å². The molecule has 1 unspecified atom stereocenters. The van der Waals surface area contributed by atoms with E-state index in [4.69, 9.17) is 9.47 Å². The van der Waals surface area contributed by atoms with E-state index >= 15 is 0 Å². The number of rotatable bonds is 9. The summed E-state index contributed by atoms with van der Waals surface area (Å²) in [4.78, 5) is 2.26. The fourth-order valence-electron chi connectivity index (χ4n) is 1.31. The van der Waals surface area contributed by atoms with E-state index in [1.165, 1.54) is 0 Å². The van der Waals surface area contributed by atoms with Gasteiger partial charge in [0, 0.05) is 32.8 Å². The lowest BCUT2D eigenvalue weighted by molar-refractivity contribution is 0.0725. The largest absolute Gasteiger partial charge is 0.383 e. The fraction of sp³-hybridized carbons (Fsp3) is 1.00. The zero-order valence-corrected chi connectivity index (χ0v) is 9.88. The van der Waals surface area contributed by atoms with Crippen molar-refractivity contribution < 1.29 is 9.47 Å². The van der Waals surface area contributed by atoms with Crippen molar-refractivity contribution in [2.75, 3.05) is 54.1 Å². The summed E-state index contributed by atoms with van der Waals surface area (Å²) in [5.74, 6) is 0. The average Bonchev–Trinajstić information content (AvgIpc) is 2.18. The Morgan fingerprint density at radius 2 is 2.14 bits per heavy atom. The van der Waals surface area contributed by atoms with Crippen LogP contribution in [-0.4, -0.2) is 65.1 Å². The summed E-state index contributed by atoms with van der Waals surface area (Å²) in [7, 11) is 5.79. The molecule has 0 bridgehead atoms. The van der Waals surface area contributed by atoms with Crippen LogP contribution in [0.1, 0.15) is 6.92 Å². The minimum atomic E-state index is 0.422. The molecule has 0 aromatic rings. The highest BCUT2D eigenvalue weighted by molar-refractivity contribution is 4.69. The summed E-state index contributed by atoms with van der Waals surface area (Å²) in [6, 6.07) is 0.422. The maximum absolute atomic E-state index is 5.31. The van der Waals surface area contributed by atoms with Gasteiger partial charge in [0.1, 0.15) is 0 Å². The molecule has 4 nitrogen and oxygen atoms in total. The molecule has 1 N–H and O–H groups in total. The van der Waals surface area contributed by atoms with Gasteiger partial charge in [0.15, 0.2) is 0 Å².